The van der Waals surface area contributed by atoms with Gasteiger partial charge in [-0.25, -0.2) is 0 Å². The van der Waals surface area contributed by atoms with Crippen LogP contribution in [0.25, 0.3) is 0 Å². The number of halogens is 1. The number of esters is 2. The van der Waals surface area contributed by atoms with Gasteiger partial charge in [0.2, 0.25) is 6.79 Å². The predicted molar refractivity (Wildman–Crippen MR) is 106 cm³/mol. The largest absolute Gasteiger partial charge is 0.427 e. The third-order valence-electron chi connectivity index (χ3n) is 4.13. The van der Waals surface area contributed by atoms with E-state index in [1.54, 1.807) is 27.7 Å². The maximum Gasteiger partial charge on any atom is 0.316 e. The summed E-state index contributed by atoms with van der Waals surface area (Å²) in [5.41, 5.74) is 2.46. The molecule has 0 saturated heterocycles. The maximum absolute atomic E-state index is 12.3. The standard InChI is InChI=1S/C22H25ClO4/c1-15(20(24)26-14-27-21(25)22(2,3)4)18-7-5-6-17(13-18)12-16-8-10-19(23)11-9-16/h5-11,13,15H,12,14H2,1-4H3. The minimum Gasteiger partial charge on any atom is -0.427 e. The number of benzene rings is 2. The molecule has 2 aromatic rings. The van der Waals surface area contributed by atoms with E-state index in [0.29, 0.717) is 5.02 Å². The molecule has 0 aromatic heterocycles. The molecular weight excluding hydrogens is 364 g/mol. The molecule has 144 valence electrons. The monoisotopic (exact) mass is 388 g/mol. The summed E-state index contributed by atoms with van der Waals surface area (Å²) in [4.78, 5) is 24.0. The van der Waals surface area contributed by atoms with Crippen LogP contribution in [0.4, 0.5) is 0 Å². The molecule has 0 heterocycles. The summed E-state index contributed by atoms with van der Waals surface area (Å²) >= 11 is 5.92. The molecule has 0 bridgehead atoms. The summed E-state index contributed by atoms with van der Waals surface area (Å²) in [6.45, 7) is 6.63. The van der Waals surface area contributed by atoms with Crippen molar-refractivity contribution in [1.29, 1.82) is 0 Å². The van der Waals surface area contributed by atoms with E-state index in [1.165, 1.54) is 0 Å². The first kappa shape index (κ1) is 21.0. The first-order valence-corrected chi connectivity index (χ1v) is 9.22. The minimum absolute atomic E-state index is 0.371. The summed E-state index contributed by atoms with van der Waals surface area (Å²) in [6, 6.07) is 15.5. The van der Waals surface area contributed by atoms with Gasteiger partial charge in [0.05, 0.1) is 11.3 Å². The smallest absolute Gasteiger partial charge is 0.316 e. The molecule has 0 aliphatic carbocycles. The highest BCUT2D eigenvalue weighted by atomic mass is 35.5. The van der Waals surface area contributed by atoms with E-state index < -0.39 is 23.3 Å². The highest BCUT2D eigenvalue weighted by Crippen LogP contribution is 2.21. The Bertz CT molecular complexity index is 791. The van der Waals surface area contributed by atoms with Crippen molar-refractivity contribution >= 4 is 23.5 Å². The van der Waals surface area contributed by atoms with Gasteiger partial charge in [0.25, 0.3) is 0 Å². The molecular formula is C22H25ClO4. The quantitative estimate of drug-likeness (QED) is 0.508. The lowest BCUT2D eigenvalue weighted by Gasteiger charge is -2.17. The van der Waals surface area contributed by atoms with Crippen LogP contribution in [0.1, 0.15) is 50.3 Å². The van der Waals surface area contributed by atoms with Crippen molar-refractivity contribution in [3.05, 3.63) is 70.2 Å². The van der Waals surface area contributed by atoms with E-state index in [2.05, 4.69) is 0 Å². The van der Waals surface area contributed by atoms with Crippen molar-refractivity contribution in [2.45, 2.75) is 40.0 Å². The van der Waals surface area contributed by atoms with Gasteiger partial charge < -0.3 is 9.47 Å². The molecule has 0 fully saturated rings. The Morgan fingerprint density at radius 2 is 1.67 bits per heavy atom. The van der Waals surface area contributed by atoms with Crippen LogP contribution in [0.15, 0.2) is 48.5 Å². The molecule has 0 amide bonds. The Labute approximate surface area is 165 Å². The van der Waals surface area contributed by atoms with Crippen LogP contribution in [0, 0.1) is 5.41 Å². The number of hydrogen-bond donors (Lipinski definition) is 0. The van der Waals surface area contributed by atoms with Crippen LogP contribution in [-0.4, -0.2) is 18.7 Å². The maximum atomic E-state index is 12.3. The Hall–Kier alpha value is -2.33. The molecule has 0 radical (unpaired) electrons. The van der Waals surface area contributed by atoms with E-state index in [-0.39, 0.29) is 6.79 Å². The second-order valence-electron chi connectivity index (χ2n) is 7.53. The summed E-state index contributed by atoms with van der Waals surface area (Å²) in [5, 5.41) is 0.705. The molecule has 0 aliphatic rings. The van der Waals surface area contributed by atoms with Crippen LogP contribution in [0.3, 0.4) is 0 Å². The van der Waals surface area contributed by atoms with E-state index in [9.17, 15) is 9.59 Å². The molecule has 0 saturated carbocycles. The Morgan fingerprint density at radius 1 is 1.00 bits per heavy atom. The third-order valence-corrected chi connectivity index (χ3v) is 4.38. The number of carbonyl (C=O) groups is 2. The first-order chi connectivity index (χ1) is 12.7. The zero-order valence-corrected chi connectivity index (χ0v) is 16.9. The molecule has 27 heavy (non-hydrogen) atoms. The average Bonchev–Trinajstić information content (AvgIpc) is 2.62. The van der Waals surface area contributed by atoms with E-state index >= 15 is 0 Å². The molecule has 4 nitrogen and oxygen atoms in total. The highest BCUT2D eigenvalue weighted by Gasteiger charge is 2.24. The Kier molecular flexibility index (Phi) is 7.03. The third kappa shape index (κ3) is 6.40. The second-order valence-corrected chi connectivity index (χ2v) is 7.97. The fourth-order valence-corrected chi connectivity index (χ4v) is 2.56. The SMILES string of the molecule is CC(C(=O)OCOC(=O)C(C)(C)C)c1cccc(Cc2ccc(Cl)cc2)c1. The van der Waals surface area contributed by atoms with Crippen LogP contribution in [0.5, 0.6) is 0 Å². The predicted octanol–water partition coefficient (Wildman–Crippen LogP) is 5.12. The zero-order valence-electron chi connectivity index (χ0n) is 16.1. The van der Waals surface area contributed by atoms with Crippen molar-refractivity contribution in [2.75, 3.05) is 6.79 Å². The molecule has 0 spiro atoms. The fraction of sp³-hybridized carbons (Fsp3) is 0.364. The zero-order chi connectivity index (χ0) is 20.0. The summed E-state index contributed by atoms with van der Waals surface area (Å²) < 4.78 is 10.1. The van der Waals surface area contributed by atoms with Gasteiger partial charge in [-0.2, -0.15) is 0 Å². The van der Waals surface area contributed by atoms with Crippen molar-refractivity contribution in [3.63, 3.8) is 0 Å². The van der Waals surface area contributed by atoms with Gasteiger partial charge in [-0.3, -0.25) is 9.59 Å². The van der Waals surface area contributed by atoms with Gasteiger partial charge in [-0.1, -0.05) is 48.0 Å². The molecule has 5 heteroatoms. The Morgan fingerprint density at radius 3 is 2.30 bits per heavy atom. The number of rotatable bonds is 6. The van der Waals surface area contributed by atoms with Crippen molar-refractivity contribution in [3.8, 4) is 0 Å². The highest BCUT2D eigenvalue weighted by molar-refractivity contribution is 6.30. The summed E-state index contributed by atoms with van der Waals surface area (Å²) in [7, 11) is 0. The summed E-state index contributed by atoms with van der Waals surface area (Å²) in [5.74, 6) is -1.29. The van der Waals surface area contributed by atoms with Gasteiger partial charge in [0.1, 0.15) is 0 Å². The normalized spacial score (nSPS) is 12.3. The van der Waals surface area contributed by atoms with Crippen LogP contribution in [-0.2, 0) is 25.5 Å². The molecule has 2 rings (SSSR count). The van der Waals surface area contributed by atoms with Gasteiger partial charge in [0.15, 0.2) is 0 Å². The topological polar surface area (TPSA) is 52.6 Å². The molecule has 0 aliphatic heterocycles. The molecule has 0 N–H and O–H groups in total. The van der Waals surface area contributed by atoms with Crippen molar-refractivity contribution in [1.82, 2.24) is 0 Å². The van der Waals surface area contributed by atoms with Crippen molar-refractivity contribution < 1.29 is 19.1 Å². The van der Waals surface area contributed by atoms with E-state index in [0.717, 1.165) is 23.1 Å². The number of ether oxygens (including phenoxy) is 2. The van der Waals surface area contributed by atoms with E-state index in [4.69, 9.17) is 21.1 Å². The lowest BCUT2D eigenvalue weighted by Crippen LogP contribution is -2.25. The lowest BCUT2D eigenvalue weighted by atomic mass is 9.96. The Balaban J connectivity index is 1.95. The summed E-state index contributed by atoms with van der Waals surface area (Å²) in [6.07, 6.45) is 0.746. The fourth-order valence-electron chi connectivity index (χ4n) is 2.43. The molecule has 1 atom stereocenters. The van der Waals surface area contributed by atoms with Crippen LogP contribution in [0.2, 0.25) is 5.02 Å². The first-order valence-electron chi connectivity index (χ1n) is 8.84. The minimum atomic E-state index is -0.631. The van der Waals surface area contributed by atoms with Gasteiger partial charge in [0, 0.05) is 5.02 Å². The lowest BCUT2D eigenvalue weighted by molar-refractivity contribution is -0.173. The van der Waals surface area contributed by atoms with E-state index in [1.807, 2.05) is 48.5 Å². The molecule has 1 unspecified atom stereocenters. The second kappa shape index (κ2) is 9.05. The van der Waals surface area contributed by atoms with Gasteiger partial charge in [-0.15, -0.1) is 0 Å². The molecule has 2 aromatic carbocycles. The van der Waals surface area contributed by atoms with Crippen LogP contribution >= 0.6 is 11.6 Å². The average molecular weight is 389 g/mol. The number of carbonyl (C=O) groups excluding carboxylic acids is 2. The van der Waals surface area contributed by atoms with Gasteiger partial charge in [-0.05, 0) is 62.9 Å². The van der Waals surface area contributed by atoms with Gasteiger partial charge >= 0.3 is 11.9 Å². The van der Waals surface area contributed by atoms with Crippen molar-refractivity contribution in [2.24, 2.45) is 5.41 Å². The number of hydrogen-bond acceptors (Lipinski definition) is 4. The van der Waals surface area contributed by atoms with Crippen LogP contribution < -0.4 is 0 Å².